The first-order valence-corrected chi connectivity index (χ1v) is 8.91. The molecule has 0 saturated carbocycles. The second-order valence-corrected chi connectivity index (χ2v) is 7.71. The molecule has 0 aliphatic heterocycles. The highest BCUT2D eigenvalue weighted by molar-refractivity contribution is 6.15. The number of ether oxygens (including phenoxy) is 2. The Balaban J connectivity index is 2.43. The molecule has 0 aliphatic rings. The Hall–Kier alpha value is -3.28. The number of alkyl halides is 3. The predicted molar refractivity (Wildman–Crippen MR) is 105 cm³/mol. The molecule has 0 radical (unpaired) electrons. The summed E-state index contributed by atoms with van der Waals surface area (Å²) in [5.74, 6) is -1.91. The number of carboxylic acid groups (broad SMARTS) is 1. The second kappa shape index (κ2) is 8.46. The fourth-order valence-electron chi connectivity index (χ4n) is 2.37. The lowest BCUT2D eigenvalue weighted by atomic mass is 9.84. The molecule has 8 nitrogen and oxygen atoms in total. The number of alkyl carbamates (subject to hydrolysis) is 1. The van der Waals surface area contributed by atoms with Crippen molar-refractivity contribution < 1.29 is 42.4 Å². The number of rotatable bonds is 5. The Kier molecular flexibility index (Phi) is 6.55. The van der Waals surface area contributed by atoms with Crippen molar-refractivity contribution in [3.63, 3.8) is 0 Å². The second-order valence-electron chi connectivity index (χ2n) is 7.71. The molecule has 12 heteroatoms. The number of halogens is 3. The summed E-state index contributed by atoms with van der Waals surface area (Å²) < 4.78 is 50.3. The molecule has 2 aromatic rings. The average Bonchev–Trinajstić information content (AvgIpc) is 2.58. The highest BCUT2D eigenvalue weighted by Gasteiger charge is 2.37. The Morgan fingerprint density at radius 3 is 2.32 bits per heavy atom. The van der Waals surface area contributed by atoms with E-state index in [2.05, 4.69) is 10.3 Å². The molecule has 31 heavy (non-hydrogen) atoms. The van der Waals surface area contributed by atoms with Crippen LogP contribution in [0.5, 0.6) is 11.6 Å². The Bertz CT molecular complexity index is 989. The van der Waals surface area contributed by atoms with E-state index in [9.17, 15) is 27.9 Å². The molecule has 1 amide bonds. The zero-order valence-corrected chi connectivity index (χ0v) is 17.1. The van der Waals surface area contributed by atoms with Crippen LogP contribution in [0.1, 0.15) is 42.4 Å². The number of nitrogens with zero attached hydrogens (tertiary/aromatic N) is 1. The number of amides is 1. The van der Waals surface area contributed by atoms with Crippen molar-refractivity contribution >= 4 is 19.9 Å². The summed E-state index contributed by atoms with van der Waals surface area (Å²) in [4.78, 5) is 26.4. The lowest BCUT2D eigenvalue weighted by Crippen LogP contribution is -2.48. The van der Waals surface area contributed by atoms with Crippen LogP contribution in [0.15, 0.2) is 36.4 Å². The Morgan fingerprint density at radius 2 is 1.77 bits per heavy atom. The van der Waals surface area contributed by atoms with Crippen molar-refractivity contribution in [3.05, 3.63) is 53.2 Å². The van der Waals surface area contributed by atoms with E-state index in [0.717, 1.165) is 20.0 Å². The van der Waals surface area contributed by atoms with E-state index in [1.54, 1.807) is 20.8 Å². The summed E-state index contributed by atoms with van der Waals surface area (Å²) in [6.07, 6.45) is -5.95. The number of aromatic nitrogens is 1. The summed E-state index contributed by atoms with van der Waals surface area (Å²) >= 11 is 0. The molecule has 0 bridgehead atoms. The molecule has 1 aromatic heterocycles. The van der Waals surface area contributed by atoms with Crippen LogP contribution in [0.4, 0.5) is 18.0 Å². The summed E-state index contributed by atoms with van der Waals surface area (Å²) in [5.41, 5.74) is -5.10. The van der Waals surface area contributed by atoms with Crippen LogP contribution in [0.2, 0.25) is 0 Å². The maximum absolute atomic E-state index is 13.3. The minimum atomic E-state index is -4.89. The van der Waals surface area contributed by atoms with Crippen molar-refractivity contribution in [3.8, 4) is 11.6 Å². The molecule has 3 N–H and O–H groups in total. The number of pyridine rings is 1. The summed E-state index contributed by atoms with van der Waals surface area (Å²) in [7, 11) is 1.06. The SMILES string of the molecule is BC(O)(NC(=O)OC(C)(C)C)c1cc(Oc2cccc(C(=O)O)c2)nc(C(F)(F)F)c1. The lowest BCUT2D eigenvalue weighted by Gasteiger charge is -2.28. The number of carbonyl (C=O) groups is 2. The van der Waals surface area contributed by atoms with Crippen LogP contribution in [0.25, 0.3) is 0 Å². The fourth-order valence-corrected chi connectivity index (χ4v) is 2.37. The molecular formula is C19H20BF3N2O6. The molecule has 0 aliphatic carbocycles. The monoisotopic (exact) mass is 440 g/mol. The number of aliphatic hydroxyl groups is 1. The first-order valence-electron chi connectivity index (χ1n) is 8.91. The van der Waals surface area contributed by atoms with Gasteiger partial charge in [0.05, 0.1) is 5.56 Å². The van der Waals surface area contributed by atoms with E-state index in [1.807, 2.05) is 0 Å². The van der Waals surface area contributed by atoms with Gasteiger partial charge in [-0.1, -0.05) is 6.07 Å². The highest BCUT2D eigenvalue weighted by atomic mass is 19.4. The van der Waals surface area contributed by atoms with E-state index in [4.69, 9.17) is 14.6 Å². The van der Waals surface area contributed by atoms with E-state index < -0.39 is 41.0 Å². The summed E-state index contributed by atoms with van der Waals surface area (Å²) in [6, 6.07) is 6.58. The van der Waals surface area contributed by atoms with Crippen molar-refractivity contribution in [1.29, 1.82) is 0 Å². The smallest absolute Gasteiger partial charge is 0.433 e. The van der Waals surface area contributed by atoms with E-state index >= 15 is 0 Å². The van der Waals surface area contributed by atoms with Gasteiger partial charge in [0.15, 0.2) is 7.85 Å². The summed E-state index contributed by atoms with van der Waals surface area (Å²) in [6.45, 7) is 4.73. The largest absolute Gasteiger partial charge is 0.478 e. The number of benzene rings is 1. The predicted octanol–water partition coefficient (Wildman–Crippen LogP) is 2.85. The number of carbonyl (C=O) groups excluding carboxylic acids is 1. The van der Waals surface area contributed by atoms with Crippen LogP contribution in [0, 0.1) is 0 Å². The first kappa shape index (κ1) is 24.0. The molecular weight excluding hydrogens is 420 g/mol. The van der Waals surface area contributed by atoms with Gasteiger partial charge >= 0.3 is 18.2 Å². The molecule has 166 valence electrons. The third-order valence-corrected chi connectivity index (χ3v) is 3.70. The van der Waals surface area contributed by atoms with Crippen LogP contribution in [0.3, 0.4) is 0 Å². The van der Waals surface area contributed by atoms with Gasteiger partial charge in [0, 0.05) is 11.6 Å². The quantitative estimate of drug-likeness (QED) is 0.484. The van der Waals surface area contributed by atoms with Crippen LogP contribution in [-0.2, 0) is 16.5 Å². The van der Waals surface area contributed by atoms with Gasteiger partial charge in [-0.25, -0.2) is 14.6 Å². The van der Waals surface area contributed by atoms with Crippen LogP contribution < -0.4 is 10.1 Å². The number of nitrogens with one attached hydrogen (secondary N) is 1. The number of hydrogen-bond acceptors (Lipinski definition) is 6. The molecule has 1 heterocycles. The molecule has 1 atom stereocenters. The third kappa shape index (κ3) is 6.88. The van der Waals surface area contributed by atoms with Crippen molar-refractivity contribution in [2.45, 2.75) is 38.2 Å². The third-order valence-electron chi connectivity index (χ3n) is 3.70. The van der Waals surface area contributed by atoms with Gasteiger partial charge < -0.3 is 19.7 Å². The zero-order chi connectivity index (χ0) is 23.6. The normalized spacial score (nSPS) is 13.8. The van der Waals surface area contributed by atoms with Gasteiger partial charge in [-0.15, -0.1) is 0 Å². The minimum absolute atomic E-state index is 0.0857. The minimum Gasteiger partial charge on any atom is -0.478 e. The van der Waals surface area contributed by atoms with Crippen molar-refractivity contribution in [1.82, 2.24) is 10.3 Å². The van der Waals surface area contributed by atoms with E-state index in [-0.39, 0.29) is 16.9 Å². The number of aromatic carboxylic acids is 1. The van der Waals surface area contributed by atoms with Crippen LogP contribution >= 0.6 is 0 Å². The zero-order valence-electron chi connectivity index (χ0n) is 17.1. The lowest BCUT2D eigenvalue weighted by molar-refractivity contribution is -0.141. The number of hydrogen-bond donors (Lipinski definition) is 3. The van der Waals surface area contributed by atoms with Gasteiger partial charge in [-0.05, 0) is 45.0 Å². The number of carboxylic acids is 1. The molecule has 2 rings (SSSR count). The molecule has 1 aromatic carbocycles. The average molecular weight is 440 g/mol. The highest BCUT2D eigenvalue weighted by Crippen LogP contribution is 2.33. The van der Waals surface area contributed by atoms with Crippen molar-refractivity contribution in [2.75, 3.05) is 0 Å². The molecule has 1 unspecified atom stereocenters. The molecule has 0 spiro atoms. The van der Waals surface area contributed by atoms with E-state index in [0.29, 0.717) is 6.07 Å². The van der Waals surface area contributed by atoms with Crippen LogP contribution in [-0.4, -0.2) is 40.7 Å². The fraction of sp³-hybridized carbons (Fsp3) is 0.316. The van der Waals surface area contributed by atoms with E-state index in [1.165, 1.54) is 18.2 Å². The van der Waals surface area contributed by atoms with Gasteiger partial charge in [0.1, 0.15) is 22.7 Å². The molecule has 0 saturated heterocycles. The van der Waals surface area contributed by atoms with Crippen molar-refractivity contribution in [2.24, 2.45) is 0 Å². The first-order chi connectivity index (χ1) is 14.1. The Morgan fingerprint density at radius 1 is 1.13 bits per heavy atom. The maximum atomic E-state index is 13.3. The van der Waals surface area contributed by atoms with Gasteiger partial charge in [0.25, 0.3) is 0 Å². The van der Waals surface area contributed by atoms with Gasteiger partial charge in [-0.2, -0.15) is 13.2 Å². The van der Waals surface area contributed by atoms with Gasteiger partial charge in [0.2, 0.25) is 5.88 Å². The standard InChI is InChI=1S/C19H20BF3N2O6/c1-17(2,3)31-16(28)25-18(20,29)11-8-13(19(21,22)23)24-14(9-11)30-12-6-4-5-10(7-12)15(26)27/h4-9,29H,20H2,1-3H3,(H,25,28)(H,26,27). The Labute approximate surface area is 176 Å². The topological polar surface area (TPSA) is 118 Å². The van der Waals surface area contributed by atoms with Gasteiger partial charge in [-0.3, -0.25) is 5.32 Å². The maximum Gasteiger partial charge on any atom is 0.433 e. The molecule has 0 fully saturated rings. The summed E-state index contributed by atoms with van der Waals surface area (Å²) in [5, 5.41) is 21.7.